The quantitative estimate of drug-likeness (QED) is 0.872. The molecule has 2 aliphatic rings. The molecule has 3 rings (SSSR count). The van der Waals surface area contributed by atoms with Gasteiger partial charge in [0.15, 0.2) is 0 Å². The Morgan fingerprint density at radius 1 is 1.12 bits per heavy atom. The fourth-order valence-corrected chi connectivity index (χ4v) is 3.80. The number of hydrogen-bond donors (Lipinski definition) is 1. The van der Waals surface area contributed by atoms with Gasteiger partial charge in [-0.1, -0.05) is 0 Å². The number of rotatable bonds is 3. The van der Waals surface area contributed by atoms with E-state index in [-0.39, 0.29) is 11.9 Å². The molecule has 1 aromatic rings. The van der Waals surface area contributed by atoms with Crippen LogP contribution in [0.15, 0.2) is 0 Å². The maximum Gasteiger partial charge on any atom is 0.291 e. The number of hydrogen-bond acceptors (Lipinski definition) is 6. The van der Waals surface area contributed by atoms with E-state index in [2.05, 4.69) is 33.6 Å². The maximum atomic E-state index is 13.1. The molecule has 7 nitrogen and oxygen atoms in total. The molecule has 0 bridgehead atoms. The fourth-order valence-electron chi connectivity index (χ4n) is 3.80. The van der Waals surface area contributed by atoms with Gasteiger partial charge in [0, 0.05) is 62.6 Å². The molecule has 1 amide bonds. The van der Waals surface area contributed by atoms with Crippen LogP contribution in [-0.4, -0.2) is 77.0 Å². The van der Waals surface area contributed by atoms with Crippen LogP contribution in [0, 0.1) is 13.8 Å². The Kier molecular flexibility index (Phi) is 5.77. The molecular weight excluding hydrogens is 328 g/mol. The van der Waals surface area contributed by atoms with Crippen LogP contribution in [0.25, 0.3) is 0 Å². The highest BCUT2D eigenvalue weighted by atomic mass is 16.2. The number of carbonyl (C=O) groups is 1. The van der Waals surface area contributed by atoms with Gasteiger partial charge in [0.05, 0.1) is 0 Å². The van der Waals surface area contributed by atoms with Gasteiger partial charge in [-0.15, -0.1) is 0 Å². The highest BCUT2D eigenvalue weighted by molar-refractivity contribution is 5.91. The molecule has 0 spiro atoms. The second-order valence-electron chi connectivity index (χ2n) is 7.85. The molecule has 0 radical (unpaired) electrons. The summed E-state index contributed by atoms with van der Waals surface area (Å²) in [6.07, 6.45) is 1.95. The van der Waals surface area contributed by atoms with Crippen LogP contribution in [0.5, 0.6) is 0 Å². The highest BCUT2D eigenvalue weighted by Gasteiger charge is 2.27. The third-order valence-electron chi connectivity index (χ3n) is 5.63. The largest absolute Gasteiger partial charge is 0.355 e. The van der Waals surface area contributed by atoms with E-state index in [1.54, 1.807) is 0 Å². The smallest absolute Gasteiger partial charge is 0.291 e. The lowest BCUT2D eigenvalue weighted by Gasteiger charge is -2.25. The topological polar surface area (TPSA) is 78.6 Å². The van der Waals surface area contributed by atoms with E-state index in [1.165, 1.54) is 0 Å². The van der Waals surface area contributed by atoms with Crippen molar-refractivity contribution in [2.24, 2.45) is 5.73 Å². The number of aromatic nitrogens is 2. The zero-order chi connectivity index (χ0) is 18.8. The number of nitrogens with two attached hydrogens (primary N) is 1. The summed E-state index contributed by atoms with van der Waals surface area (Å²) in [4.78, 5) is 28.8. The summed E-state index contributed by atoms with van der Waals surface area (Å²) in [6.45, 7) is 13.5. The van der Waals surface area contributed by atoms with Crippen molar-refractivity contribution < 1.29 is 4.79 Å². The highest BCUT2D eigenvalue weighted by Crippen LogP contribution is 2.24. The third-order valence-corrected chi connectivity index (χ3v) is 5.63. The molecule has 0 aliphatic carbocycles. The van der Waals surface area contributed by atoms with Crippen molar-refractivity contribution in [3.63, 3.8) is 0 Å². The van der Waals surface area contributed by atoms with Crippen molar-refractivity contribution in [1.82, 2.24) is 19.8 Å². The summed E-state index contributed by atoms with van der Waals surface area (Å²) in [6, 6.07) is 0.686. The zero-order valence-electron chi connectivity index (χ0n) is 16.5. The van der Waals surface area contributed by atoms with E-state index in [9.17, 15) is 4.79 Å². The van der Waals surface area contributed by atoms with Crippen molar-refractivity contribution in [2.45, 2.75) is 52.6 Å². The van der Waals surface area contributed by atoms with Gasteiger partial charge in [-0.2, -0.15) is 0 Å². The van der Waals surface area contributed by atoms with E-state index in [0.717, 1.165) is 69.2 Å². The van der Waals surface area contributed by atoms with Gasteiger partial charge in [0.1, 0.15) is 5.82 Å². The van der Waals surface area contributed by atoms with Crippen molar-refractivity contribution in [3.8, 4) is 0 Å². The lowest BCUT2D eigenvalue weighted by molar-refractivity contribution is 0.0746. The number of anilines is 1. The van der Waals surface area contributed by atoms with Crippen LogP contribution in [0.1, 0.15) is 48.6 Å². The van der Waals surface area contributed by atoms with E-state index in [0.29, 0.717) is 11.9 Å². The molecule has 0 saturated carbocycles. The molecule has 2 aliphatic heterocycles. The zero-order valence-corrected chi connectivity index (χ0v) is 16.5. The molecule has 1 aromatic heterocycles. The summed E-state index contributed by atoms with van der Waals surface area (Å²) in [5.41, 5.74) is 7.97. The average Bonchev–Trinajstić information content (AvgIpc) is 2.88. The number of aryl methyl sites for hydroxylation is 1. The second-order valence-corrected chi connectivity index (χ2v) is 7.85. The first kappa shape index (κ1) is 19.0. The molecule has 0 aromatic carbocycles. The Labute approximate surface area is 156 Å². The molecule has 26 heavy (non-hydrogen) atoms. The Balaban J connectivity index is 1.80. The summed E-state index contributed by atoms with van der Waals surface area (Å²) >= 11 is 0. The Morgan fingerprint density at radius 3 is 2.54 bits per heavy atom. The Morgan fingerprint density at radius 2 is 1.88 bits per heavy atom. The van der Waals surface area contributed by atoms with Crippen LogP contribution in [0.3, 0.4) is 0 Å². The number of carbonyl (C=O) groups excluding carboxylic acids is 1. The SMILES string of the molecule is Cc1nc(C(=O)N2CCCN(C(C)C)CC2)nc(N2CC[C@@H](N)C2)c1C. The third kappa shape index (κ3) is 3.99. The molecule has 1 atom stereocenters. The van der Waals surface area contributed by atoms with Crippen LogP contribution >= 0.6 is 0 Å². The molecule has 144 valence electrons. The number of amides is 1. The van der Waals surface area contributed by atoms with Crippen LogP contribution in [0.2, 0.25) is 0 Å². The van der Waals surface area contributed by atoms with E-state index in [4.69, 9.17) is 5.73 Å². The van der Waals surface area contributed by atoms with Crippen molar-refractivity contribution >= 4 is 11.7 Å². The summed E-state index contributed by atoms with van der Waals surface area (Å²) < 4.78 is 0. The summed E-state index contributed by atoms with van der Waals surface area (Å²) in [5.74, 6) is 1.14. The van der Waals surface area contributed by atoms with Crippen LogP contribution in [0.4, 0.5) is 5.82 Å². The average molecular weight is 361 g/mol. The minimum Gasteiger partial charge on any atom is -0.355 e. The Bertz CT molecular complexity index is 662. The predicted molar refractivity (Wildman–Crippen MR) is 104 cm³/mol. The first-order chi connectivity index (χ1) is 12.4. The first-order valence-corrected chi connectivity index (χ1v) is 9.76. The van der Waals surface area contributed by atoms with Crippen LogP contribution in [-0.2, 0) is 0 Å². The minimum atomic E-state index is -0.0524. The standard InChI is InChI=1S/C19H32N6O/c1-13(2)23-7-5-8-24(11-10-23)19(26)17-21-15(4)14(3)18(22-17)25-9-6-16(20)12-25/h13,16H,5-12,20H2,1-4H3/t16-/m1/s1. The van der Waals surface area contributed by atoms with Crippen molar-refractivity contribution in [3.05, 3.63) is 17.1 Å². The van der Waals surface area contributed by atoms with Gasteiger partial charge in [-0.05, 0) is 40.5 Å². The van der Waals surface area contributed by atoms with E-state index < -0.39 is 0 Å². The summed E-state index contributed by atoms with van der Waals surface area (Å²) in [5, 5.41) is 0. The molecule has 0 unspecified atom stereocenters. The van der Waals surface area contributed by atoms with Gasteiger partial charge < -0.3 is 15.5 Å². The molecule has 7 heteroatoms. The van der Waals surface area contributed by atoms with Gasteiger partial charge in [-0.25, -0.2) is 9.97 Å². The predicted octanol–water partition coefficient (Wildman–Crippen LogP) is 1.19. The fraction of sp³-hybridized carbons (Fsp3) is 0.737. The van der Waals surface area contributed by atoms with Crippen LogP contribution < -0.4 is 10.6 Å². The van der Waals surface area contributed by atoms with Gasteiger partial charge in [0.2, 0.25) is 5.82 Å². The van der Waals surface area contributed by atoms with E-state index in [1.807, 2.05) is 18.7 Å². The monoisotopic (exact) mass is 360 g/mol. The summed E-state index contributed by atoms with van der Waals surface area (Å²) in [7, 11) is 0. The second kappa shape index (κ2) is 7.88. The first-order valence-electron chi connectivity index (χ1n) is 9.76. The van der Waals surface area contributed by atoms with Crippen molar-refractivity contribution in [1.29, 1.82) is 0 Å². The van der Waals surface area contributed by atoms with Gasteiger partial charge >= 0.3 is 0 Å². The number of nitrogens with zero attached hydrogens (tertiary/aromatic N) is 5. The lowest BCUT2D eigenvalue weighted by Crippen LogP contribution is -2.38. The maximum absolute atomic E-state index is 13.1. The van der Waals surface area contributed by atoms with Gasteiger partial charge in [-0.3, -0.25) is 9.69 Å². The normalized spacial score (nSPS) is 22.2. The van der Waals surface area contributed by atoms with E-state index >= 15 is 0 Å². The molecule has 2 saturated heterocycles. The lowest BCUT2D eigenvalue weighted by atomic mass is 10.2. The molecular formula is C19H32N6O. The molecule has 2 fully saturated rings. The van der Waals surface area contributed by atoms with Gasteiger partial charge in [0.25, 0.3) is 5.91 Å². The molecule has 2 N–H and O–H groups in total. The Hall–Kier alpha value is -1.73. The molecule has 3 heterocycles. The van der Waals surface area contributed by atoms with Crippen molar-refractivity contribution in [2.75, 3.05) is 44.2 Å². The minimum absolute atomic E-state index is 0.0524.